The molecule has 1 aliphatic rings. The molecule has 0 fully saturated rings. The number of benzene rings is 1. The maximum absolute atomic E-state index is 12.6. The molecule has 122 valence electrons. The molecule has 0 saturated carbocycles. The summed E-state index contributed by atoms with van der Waals surface area (Å²) in [5.74, 6) is 0.866. The fraction of sp³-hybridized carbons (Fsp3) is 0.353. The van der Waals surface area contributed by atoms with Gasteiger partial charge in [0.05, 0.1) is 29.8 Å². The van der Waals surface area contributed by atoms with Gasteiger partial charge in [-0.05, 0) is 37.3 Å². The Morgan fingerprint density at radius 2 is 1.87 bits per heavy atom. The number of aryl methyl sites for hydroxylation is 2. The van der Waals surface area contributed by atoms with Crippen LogP contribution in [0.25, 0.3) is 0 Å². The fourth-order valence-corrected chi connectivity index (χ4v) is 4.12. The van der Waals surface area contributed by atoms with Gasteiger partial charge in [0.25, 0.3) is 5.91 Å². The van der Waals surface area contributed by atoms with Crippen LogP contribution in [-0.4, -0.2) is 20.1 Å². The molecule has 0 bridgehead atoms. The molecule has 1 aromatic carbocycles. The van der Waals surface area contributed by atoms with E-state index in [9.17, 15) is 4.79 Å². The van der Waals surface area contributed by atoms with E-state index in [1.54, 1.807) is 23.5 Å². The number of methoxy groups -OCH3 is 2. The van der Waals surface area contributed by atoms with E-state index in [1.165, 1.54) is 37.5 Å². The van der Waals surface area contributed by atoms with Gasteiger partial charge in [-0.1, -0.05) is 11.6 Å². The largest absolute Gasteiger partial charge is 0.495 e. The van der Waals surface area contributed by atoms with Crippen molar-refractivity contribution in [2.24, 2.45) is 0 Å². The topological polar surface area (TPSA) is 47.6 Å². The predicted octanol–water partition coefficient (Wildman–Crippen LogP) is 4.55. The minimum absolute atomic E-state index is 0.132. The van der Waals surface area contributed by atoms with Crippen LogP contribution in [0.3, 0.4) is 0 Å². The van der Waals surface area contributed by atoms with E-state index in [2.05, 4.69) is 5.32 Å². The summed E-state index contributed by atoms with van der Waals surface area (Å²) in [6, 6.07) is 5.32. The van der Waals surface area contributed by atoms with Gasteiger partial charge in [-0.3, -0.25) is 4.79 Å². The first kappa shape index (κ1) is 16.1. The highest BCUT2D eigenvalue weighted by molar-refractivity contribution is 7.14. The molecule has 1 heterocycles. The Labute approximate surface area is 144 Å². The zero-order chi connectivity index (χ0) is 16.4. The summed E-state index contributed by atoms with van der Waals surface area (Å²) in [4.78, 5) is 14.6. The molecule has 3 rings (SSSR count). The molecule has 1 amide bonds. The van der Waals surface area contributed by atoms with Crippen LogP contribution in [-0.2, 0) is 12.8 Å². The summed E-state index contributed by atoms with van der Waals surface area (Å²) >= 11 is 7.67. The smallest absolute Gasteiger partial charge is 0.265 e. The third-order valence-electron chi connectivity index (χ3n) is 3.94. The quantitative estimate of drug-likeness (QED) is 0.879. The summed E-state index contributed by atoms with van der Waals surface area (Å²) in [6.45, 7) is 0. The van der Waals surface area contributed by atoms with Gasteiger partial charge in [-0.15, -0.1) is 11.3 Å². The van der Waals surface area contributed by atoms with Crippen molar-refractivity contribution in [1.29, 1.82) is 0 Å². The monoisotopic (exact) mass is 351 g/mol. The van der Waals surface area contributed by atoms with Crippen LogP contribution < -0.4 is 14.8 Å². The number of nitrogens with one attached hydrogen (secondary N) is 1. The second kappa shape index (κ2) is 6.81. The number of hydrogen-bond donors (Lipinski definition) is 1. The van der Waals surface area contributed by atoms with Crippen LogP contribution in [0.15, 0.2) is 18.2 Å². The molecule has 0 aliphatic heterocycles. The minimum atomic E-state index is -0.132. The fourth-order valence-electron chi connectivity index (χ4n) is 2.74. The average Bonchev–Trinajstić information content (AvgIpc) is 3.00. The molecule has 0 atom stereocenters. The summed E-state index contributed by atoms with van der Waals surface area (Å²) in [5, 5.41) is 3.34. The Hall–Kier alpha value is -1.72. The van der Waals surface area contributed by atoms with Crippen molar-refractivity contribution in [1.82, 2.24) is 0 Å². The first-order chi connectivity index (χ1) is 11.1. The molecule has 2 aromatic rings. The first-order valence-corrected chi connectivity index (χ1v) is 8.66. The lowest BCUT2D eigenvalue weighted by Gasteiger charge is -2.12. The summed E-state index contributed by atoms with van der Waals surface area (Å²) in [5.41, 5.74) is 1.86. The van der Waals surface area contributed by atoms with Gasteiger partial charge >= 0.3 is 0 Å². The number of thiophene rings is 1. The van der Waals surface area contributed by atoms with Crippen LogP contribution in [0.5, 0.6) is 11.5 Å². The van der Waals surface area contributed by atoms with Crippen molar-refractivity contribution in [3.05, 3.63) is 38.5 Å². The Bertz CT molecular complexity index is 718. The summed E-state index contributed by atoms with van der Waals surface area (Å²) in [6.07, 6.45) is 4.55. The molecule has 23 heavy (non-hydrogen) atoms. The van der Waals surface area contributed by atoms with E-state index in [1.807, 2.05) is 6.07 Å². The van der Waals surface area contributed by atoms with E-state index >= 15 is 0 Å². The highest BCUT2D eigenvalue weighted by Gasteiger charge is 2.19. The highest BCUT2D eigenvalue weighted by Crippen LogP contribution is 2.37. The number of hydrogen-bond acceptors (Lipinski definition) is 4. The number of amides is 1. The second-order valence-electron chi connectivity index (χ2n) is 5.41. The van der Waals surface area contributed by atoms with E-state index in [-0.39, 0.29) is 5.91 Å². The van der Waals surface area contributed by atoms with Gasteiger partial charge < -0.3 is 14.8 Å². The summed E-state index contributed by atoms with van der Waals surface area (Å²) < 4.78 is 10.5. The van der Waals surface area contributed by atoms with E-state index in [0.29, 0.717) is 22.2 Å². The number of halogens is 1. The molecule has 0 spiro atoms. The molecule has 0 saturated heterocycles. The van der Waals surface area contributed by atoms with Crippen molar-refractivity contribution in [3.63, 3.8) is 0 Å². The van der Waals surface area contributed by atoms with Gasteiger partial charge in [0, 0.05) is 17.0 Å². The number of carbonyl (C=O) groups excluding carboxylic acids is 1. The lowest BCUT2D eigenvalue weighted by molar-refractivity contribution is 0.103. The van der Waals surface area contributed by atoms with Crippen LogP contribution in [0, 0.1) is 0 Å². The number of ether oxygens (including phenoxy) is 2. The first-order valence-electron chi connectivity index (χ1n) is 7.47. The average molecular weight is 352 g/mol. The Kier molecular flexibility index (Phi) is 4.78. The third-order valence-corrected chi connectivity index (χ3v) is 5.47. The normalized spacial score (nSPS) is 13.3. The molecule has 1 aromatic heterocycles. The van der Waals surface area contributed by atoms with E-state index in [0.717, 1.165) is 17.7 Å². The maximum atomic E-state index is 12.6. The second-order valence-corrected chi connectivity index (χ2v) is 6.95. The lowest BCUT2D eigenvalue weighted by Crippen LogP contribution is -2.11. The number of fused-ring (bicyclic) bond motifs is 1. The molecule has 0 unspecified atom stereocenters. The zero-order valence-electron chi connectivity index (χ0n) is 13.1. The molecule has 0 radical (unpaired) electrons. The number of carbonyl (C=O) groups is 1. The minimum Gasteiger partial charge on any atom is -0.495 e. The van der Waals surface area contributed by atoms with Gasteiger partial charge in [-0.2, -0.15) is 0 Å². The van der Waals surface area contributed by atoms with Gasteiger partial charge in [0.15, 0.2) is 0 Å². The Morgan fingerprint density at radius 3 is 2.57 bits per heavy atom. The number of anilines is 1. The summed E-state index contributed by atoms with van der Waals surface area (Å²) in [7, 11) is 3.07. The molecule has 1 aliphatic carbocycles. The standard InChI is InChI=1S/C17H18ClNO3S/c1-21-13-9-12(14(22-2)8-11(13)18)19-17(20)16-7-10-5-3-4-6-15(10)23-16/h7-9H,3-6H2,1-2H3,(H,19,20). The van der Waals surface area contributed by atoms with Crippen molar-refractivity contribution < 1.29 is 14.3 Å². The van der Waals surface area contributed by atoms with Gasteiger partial charge in [0.1, 0.15) is 11.5 Å². The molecular formula is C17H18ClNO3S. The van der Waals surface area contributed by atoms with E-state index in [4.69, 9.17) is 21.1 Å². The lowest BCUT2D eigenvalue weighted by atomic mass is 9.99. The maximum Gasteiger partial charge on any atom is 0.265 e. The van der Waals surface area contributed by atoms with Crippen LogP contribution in [0.4, 0.5) is 5.69 Å². The van der Waals surface area contributed by atoms with Crippen LogP contribution in [0.1, 0.15) is 33.0 Å². The van der Waals surface area contributed by atoms with E-state index < -0.39 is 0 Å². The SMILES string of the molecule is COc1cc(NC(=O)c2cc3c(s2)CCCC3)c(OC)cc1Cl. The predicted molar refractivity (Wildman–Crippen MR) is 93.5 cm³/mol. The van der Waals surface area contributed by atoms with Crippen LogP contribution >= 0.6 is 22.9 Å². The molecular weight excluding hydrogens is 334 g/mol. The number of rotatable bonds is 4. The third kappa shape index (κ3) is 3.31. The Balaban J connectivity index is 1.86. The van der Waals surface area contributed by atoms with Crippen molar-refractivity contribution in [2.75, 3.05) is 19.5 Å². The van der Waals surface area contributed by atoms with Crippen LogP contribution in [0.2, 0.25) is 5.02 Å². The van der Waals surface area contributed by atoms with Gasteiger partial charge in [-0.25, -0.2) is 0 Å². The molecule has 4 nitrogen and oxygen atoms in total. The Morgan fingerprint density at radius 1 is 1.13 bits per heavy atom. The zero-order valence-corrected chi connectivity index (χ0v) is 14.6. The van der Waals surface area contributed by atoms with Crippen molar-refractivity contribution >= 4 is 34.5 Å². The van der Waals surface area contributed by atoms with Gasteiger partial charge in [0.2, 0.25) is 0 Å². The molecule has 6 heteroatoms. The highest BCUT2D eigenvalue weighted by atomic mass is 35.5. The molecule has 1 N–H and O–H groups in total. The van der Waals surface area contributed by atoms with Crippen molar-refractivity contribution in [3.8, 4) is 11.5 Å². The van der Waals surface area contributed by atoms with Crippen molar-refractivity contribution in [2.45, 2.75) is 25.7 Å².